The smallest absolute Gasteiger partial charge is 0.122 e. The lowest BCUT2D eigenvalue weighted by atomic mass is 9.95. The number of hydrogen-bond donors (Lipinski definition) is 1. The molecule has 0 radical (unpaired) electrons. The quantitative estimate of drug-likeness (QED) is 0.877. The summed E-state index contributed by atoms with van der Waals surface area (Å²) >= 11 is 0. The topological polar surface area (TPSA) is 45.6 Å². The Bertz CT molecular complexity index is 642. The first-order valence-corrected chi connectivity index (χ1v) is 8.75. The third-order valence-corrected chi connectivity index (χ3v) is 4.84. The van der Waals surface area contributed by atoms with Crippen LogP contribution in [0.3, 0.4) is 0 Å². The summed E-state index contributed by atoms with van der Waals surface area (Å²) in [7, 11) is 1.69. The van der Waals surface area contributed by atoms with Crippen molar-refractivity contribution in [3.63, 3.8) is 0 Å². The molecule has 128 valence electrons. The second-order valence-corrected chi connectivity index (χ2v) is 6.51. The Labute approximate surface area is 144 Å². The van der Waals surface area contributed by atoms with E-state index < -0.39 is 0 Å². The highest BCUT2D eigenvalue weighted by Crippen LogP contribution is 2.24. The molecule has 4 heteroatoms. The molecule has 1 aromatic heterocycles. The maximum Gasteiger partial charge on any atom is 0.122 e. The molecule has 4 nitrogen and oxygen atoms in total. The van der Waals surface area contributed by atoms with Crippen molar-refractivity contribution in [1.82, 2.24) is 9.88 Å². The van der Waals surface area contributed by atoms with Gasteiger partial charge in [-0.15, -0.1) is 0 Å². The first-order valence-electron chi connectivity index (χ1n) is 8.75. The maximum atomic E-state index is 9.40. The highest BCUT2D eigenvalue weighted by molar-refractivity contribution is 5.26. The van der Waals surface area contributed by atoms with Crippen molar-refractivity contribution in [1.29, 1.82) is 0 Å². The van der Waals surface area contributed by atoms with Gasteiger partial charge in [0.05, 0.1) is 12.8 Å². The summed E-state index contributed by atoms with van der Waals surface area (Å²) in [5.41, 5.74) is 2.36. The van der Waals surface area contributed by atoms with Gasteiger partial charge in [0.2, 0.25) is 0 Å². The highest BCUT2D eigenvalue weighted by Gasteiger charge is 2.22. The largest absolute Gasteiger partial charge is 0.508 e. The lowest BCUT2D eigenvalue weighted by molar-refractivity contribution is 0.130. The second-order valence-electron chi connectivity index (χ2n) is 6.51. The number of aromatic nitrogens is 1. The Morgan fingerprint density at radius 3 is 2.83 bits per heavy atom. The van der Waals surface area contributed by atoms with Gasteiger partial charge in [0.25, 0.3) is 0 Å². The van der Waals surface area contributed by atoms with E-state index in [-0.39, 0.29) is 0 Å². The minimum absolute atomic E-state index is 0.335. The van der Waals surface area contributed by atoms with E-state index in [1.165, 1.54) is 24.8 Å². The molecule has 1 aromatic carbocycles. The molecule has 1 aliphatic heterocycles. The number of methoxy groups -OCH3 is 1. The van der Waals surface area contributed by atoms with E-state index in [1.807, 2.05) is 30.5 Å². The monoisotopic (exact) mass is 326 g/mol. The second kappa shape index (κ2) is 8.15. The average Bonchev–Trinajstić information content (AvgIpc) is 2.62. The minimum Gasteiger partial charge on any atom is -0.508 e. The summed E-state index contributed by atoms with van der Waals surface area (Å²) in [6.45, 7) is 2.02. The van der Waals surface area contributed by atoms with E-state index >= 15 is 0 Å². The van der Waals surface area contributed by atoms with Crippen LogP contribution in [0.15, 0.2) is 42.6 Å². The summed E-state index contributed by atoms with van der Waals surface area (Å²) in [6, 6.07) is 12.1. The molecule has 24 heavy (non-hydrogen) atoms. The molecule has 0 saturated carbocycles. The number of benzene rings is 1. The van der Waals surface area contributed by atoms with Gasteiger partial charge in [-0.2, -0.15) is 0 Å². The molecular formula is C20H26N2O2. The summed E-state index contributed by atoms with van der Waals surface area (Å²) < 4.78 is 5.31. The van der Waals surface area contributed by atoms with E-state index in [9.17, 15) is 5.11 Å². The lowest BCUT2D eigenvalue weighted by Crippen LogP contribution is -2.39. The Kier molecular flexibility index (Phi) is 5.70. The van der Waals surface area contributed by atoms with Crippen molar-refractivity contribution >= 4 is 0 Å². The zero-order chi connectivity index (χ0) is 16.8. The summed E-state index contributed by atoms with van der Waals surface area (Å²) in [5.74, 6) is 1.21. The Morgan fingerprint density at radius 2 is 2.04 bits per heavy atom. The van der Waals surface area contributed by atoms with Crippen LogP contribution in [0, 0.1) is 0 Å². The average molecular weight is 326 g/mol. The number of nitrogens with zero attached hydrogens (tertiary/aromatic N) is 2. The van der Waals surface area contributed by atoms with Crippen LogP contribution in [0.1, 0.15) is 36.9 Å². The van der Waals surface area contributed by atoms with E-state index in [0.717, 1.165) is 37.4 Å². The van der Waals surface area contributed by atoms with Gasteiger partial charge in [0.1, 0.15) is 11.5 Å². The lowest BCUT2D eigenvalue weighted by Gasteiger charge is -2.35. The molecular weight excluding hydrogens is 300 g/mol. The van der Waals surface area contributed by atoms with Crippen molar-refractivity contribution in [2.75, 3.05) is 13.7 Å². The molecule has 1 aliphatic rings. The molecule has 3 rings (SSSR count). The van der Waals surface area contributed by atoms with E-state index in [4.69, 9.17) is 4.74 Å². The number of phenolic OH excluding ortho intramolecular Hbond substituents is 1. The molecule has 2 heterocycles. The normalized spacial score (nSPS) is 18.5. The van der Waals surface area contributed by atoms with Gasteiger partial charge in [-0.25, -0.2) is 0 Å². The first kappa shape index (κ1) is 16.8. The number of rotatable bonds is 6. The maximum absolute atomic E-state index is 9.40. The van der Waals surface area contributed by atoms with Gasteiger partial charge in [0, 0.05) is 24.8 Å². The summed E-state index contributed by atoms with van der Waals surface area (Å²) in [5, 5.41) is 9.40. The molecule has 0 bridgehead atoms. The van der Waals surface area contributed by atoms with Crippen LogP contribution in [-0.2, 0) is 13.0 Å². The standard InChI is InChI=1S/C20H26N2O2/c1-24-20-11-12-21-17(14-20)15-22-13-3-2-4-18(22)8-5-16-6-9-19(23)10-7-16/h6-7,9-12,14,18,23H,2-5,8,13,15H2,1H3. The predicted molar refractivity (Wildman–Crippen MR) is 95.3 cm³/mol. The van der Waals surface area contributed by atoms with E-state index in [1.54, 1.807) is 19.2 Å². The Hall–Kier alpha value is -2.07. The molecule has 0 aliphatic carbocycles. The Balaban J connectivity index is 1.61. The fourth-order valence-electron chi connectivity index (χ4n) is 3.47. The molecule has 1 fully saturated rings. The van der Waals surface area contributed by atoms with Crippen molar-refractivity contribution in [2.45, 2.75) is 44.7 Å². The van der Waals surface area contributed by atoms with Crippen LogP contribution in [0.25, 0.3) is 0 Å². The molecule has 1 saturated heterocycles. The van der Waals surface area contributed by atoms with Crippen molar-refractivity contribution < 1.29 is 9.84 Å². The van der Waals surface area contributed by atoms with E-state index in [2.05, 4.69) is 9.88 Å². The Morgan fingerprint density at radius 1 is 1.21 bits per heavy atom. The van der Waals surface area contributed by atoms with Crippen LogP contribution in [0.2, 0.25) is 0 Å². The first-order chi connectivity index (χ1) is 11.7. The number of aryl methyl sites for hydroxylation is 1. The van der Waals surface area contributed by atoms with Crippen molar-refractivity contribution in [2.24, 2.45) is 0 Å². The molecule has 2 aromatic rings. The van der Waals surface area contributed by atoms with Crippen molar-refractivity contribution in [3.05, 3.63) is 53.9 Å². The van der Waals surface area contributed by atoms with Gasteiger partial charge in [-0.05, 0) is 56.0 Å². The van der Waals surface area contributed by atoms with Crippen LogP contribution in [0.5, 0.6) is 11.5 Å². The zero-order valence-electron chi connectivity index (χ0n) is 14.3. The number of pyridine rings is 1. The third-order valence-electron chi connectivity index (χ3n) is 4.84. The van der Waals surface area contributed by atoms with Gasteiger partial charge < -0.3 is 9.84 Å². The predicted octanol–water partition coefficient (Wildman–Crippen LogP) is 3.78. The molecule has 0 amide bonds. The number of piperidine rings is 1. The number of likely N-dealkylation sites (tertiary alicyclic amines) is 1. The zero-order valence-corrected chi connectivity index (χ0v) is 14.3. The number of aromatic hydroxyl groups is 1. The molecule has 1 N–H and O–H groups in total. The number of phenols is 1. The van der Waals surface area contributed by atoms with Gasteiger partial charge in [-0.1, -0.05) is 18.6 Å². The molecule has 0 spiro atoms. The van der Waals surface area contributed by atoms with Gasteiger partial charge in [-0.3, -0.25) is 9.88 Å². The van der Waals surface area contributed by atoms with E-state index in [0.29, 0.717) is 11.8 Å². The highest BCUT2D eigenvalue weighted by atomic mass is 16.5. The number of hydrogen-bond acceptors (Lipinski definition) is 4. The fraction of sp³-hybridized carbons (Fsp3) is 0.450. The van der Waals surface area contributed by atoms with Crippen LogP contribution < -0.4 is 4.74 Å². The minimum atomic E-state index is 0.335. The van der Waals surface area contributed by atoms with Crippen LogP contribution in [-0.4, -0.2) is 34.7 Å². The molecule has 1 atom stereocenters. The molecule has 1 unspecified atom stereocenters. The van der Waals surface area contributed by atoms with Gasteiger partial charge in [0.15, 0.2) is 0 Å². The summed E-state index contributed by atoms with van der Waals surface area (Å²) in [4.78, 5) is 7.06. The SMILES string of the molecule is COc1ccnc(CN2CCCCC2CCc2ccc(O)cc2)c1. The fourth-order valence-corrected chi connectivity index (χ4v) is 3.47. The van der Waals surface area contributed by atoms with Gasteiger partial charge >= 0.3 is 0 Å². The number of ether oxygens (including phenoxy) is 1. The van der Waals surface area contributed by atoms with Crippen LogP contribution >= 0.6 is 0 Å². The summed E-state index contributed by atoms with van der Waals surface area (Å²) in [6.07, 6.45) is 7.84. The van der Waals surface area contributed by atoms with Crippen molar-refractivity contribution in [3.8, 4) is 11.5 Å². The van der Waals surface area contributed by atoms with Crippen LogP contribution in [0.4, 0.5) is 0 Å². The third kappa shape index (κ3) is 4.48.